The van der Waals surface area contributed by atoms with Crippen molar-refractivity contribution in [1.82, 2.24) is 10.2 Å². The van der Waals surface area contributed by atoms with Crippen molar-refractivity contribution in [2.75, 3.05) is 13.7 Å². The Kier molecular flexibility index (Phi) is 7.06. The number of carbonyl (C=O) groups excluding carboxylic acids is 2. The van der Waals surface area contributed by atoms with Crippen molar-refractivity contribution in [3.05, 3.63) is 29.8 Å². The number of likely N-dealkylation sites (tertiary alicyclic amines) is 1. The second-order valence-corrected chi connectivity index (χ2v) is 8.65. The lowest BCUT2D eigenvalue weighted by Gasteiger charge is -2.43. The lowest BCUT2D eigenvalue weighted by atomic mass is 9.65. The maximum Gasteiger partial charge on any atom is 0.245 e. The molecule has 3 unspecified atom stereocenters. The molecule has 2 saturated carbocycles. The Balaban J connectivity index is 0.00000240. The van der Waals surface area contributed by atoms with E-state index in [1.807, 2.05) is 29.2 Å². The molecule has 29 heavy (non-hydrogen) atoms. The van der Waals surface area contributed by atoms with Gasteiger partial charge >= 0.3 is 0 Å². The zero-order chi connectivity index (χ0) is 19.7. The minimum atomic E-state index is -0.388. The minimum Gasteiger partial charge on any atom is -0.497 e. The molecule has 0 radical (unpaired) electrons. The van der Waals surface area contributed by atoms with E-state index in [1.165, 1.54) is 6.42 Å². The Morgan fingerprint density at radius 2 is 1.83 bits per heavy atom. The molecule has 160 valence electrons. The van der Waals surface area contributed by atoms with E-state index >= 15 is 0 Å². The van der Waals surface area contributed by atoms with Crippen molar-refractivity contribution in [2.45, 2.75) is 57.2 Å². The number of halogens is 1. The zero-order valence-electron chi connectivity index (χ0n) is 17.0. The molecule has 3 atom stereocenters. The summed E-state index contributed by atoms with van der Waals surface area (Å²) in [4.78, 5) is 27.4. The van der Waals surface area contributed by atoms with Gasteiger partial charge in [0.2, 0.25) is 11.8 Å². The summed E-state index contributed by atoms with van der Waals surface area (Å²) >= 11 is 0. The number of nitrogens with two attached hydrogens (primary N) is 1. The number of carbonyl (C=O) groups is 2. The van der Waals surface area contributed by atoms with Gasteiger partial charge in [0.25, 0.3) is 0 Å². The van der Waals surface area contributed by atoms with Crippen LogP contribution in [0.1, 0.15) is 44.1 Å². The summed E-state index contributed by atoms with van der Waals surface area (Å²) in [5.74, 6) is 1.82. The van der Waals surface area contributed by atoms with Crippen LogP contribution in [0.15, 0.2) is 24.3 Å². The van der Waals surface area contributed by atoms with Gasteiger partial charge in [-0.1, -0.05) is 18.6 Å². The van der Waals surface area contributed by atoms with E-state index in [2.05, 4.69) is 5.32 Å². The quantitative estimate of drug-likeness (QED) is 0.764. The monoisotopic (exact) mass is 421 g/mol. The number of hydrogen-bond acceptors (Lipinski definition) is 4. The second kappa shape index (κ2) is 9.35. The van der Waals surface area contributed by atoms with Crippen molar-refractivity contribution >= 4 is 24.2 Å². The molecule has 1 aliphatic heterocycles. The predicted molar refractivity (Wildman–Crippen MR) is 114 cm³/mol. The van der Waals surface area contributed by atoms with Crippen LogP contribution in [0, 0.1) is 17.8 Å². The number of rotatable bonds is 5. The first kappa shape index (κ1) is 21.9. The molecule has 2 bridgehead atoms. The SMILES string of the molecule is COc1ccc(CN2CCC(NC(=O)C3CC4CCCC(C3)C4N)C2=O)cc1.Cl. The first-order valence-corrected chi connectivity index (χ1v) is 10.5. The Morgan fingerprint density at radius 3 is 2.45 bits per heavy atom. The Labute approximate surface area is 178 Å². The summed E-state index contributed by atoms with van der Waals surface area (Å²) in [6.45, 7) is 1.24. The predicted octanol–water partition coefficient (Wildman–Crippen LogP) is 2.49. The van der Waals surface area contributed by atoms with E-state index in [1.54, 1.807) is 7.11 Å². The molecule has 1 saturated heterocycles. The first-order chi connectivity index (χ1) is 13.5. The van der Waals surface area contributed by atoms with E-state index in [9.17, 15) is 9.59 Å². The van der Waals surface area contributed by atoms with Gasteiger partial charge < -0.3 is 20.7 Å². The van der Waals surface area contributed by atoms with Crippen LogP contribution in [0.5, 0.6) is 5.75 Å². The number of benzene rings is 1. The zero-order valence-corrected chi connectivity index (χ0v) is 17.8. The number of nitrogens with one attached hydrogen (secondary N) is 1. The van der Waals surface area contributed by atoms with Crippen LogP contribution >= 0.6 is 12.4 Å². The van der Waals surface area contributed by atoms with E-state index in [-0.39, 0.29) is 42.2 Å². The largest absolute Gasteiger partial charge is 0.497 e. The molecule has 2 amide bonds. The van der Waals surface area contributed by atoms with Gasteiger partial charge in [-0.15, -0.1) is 12.4 Å². The van der Waals surface area contributed by atoms with E-state index in [4.69, 9.17) is 10.5 Å². The maximum absolute atomic E-state index is 12.8. The molecule has 6 nitrogen and oxygen atoms in total. The van der Waals surface area contributed by atoms with Gasteiger partial charge in [0.15, 0.2) is 0 Å². The molecule has 1 aromatic carbocycles. The third-order valence-electron chi connectivity index (χ3n) is 6.93. The van der Waals surface area contributed by atoms with Crippen molar-refractivity contribution in [2.24, 2.45) is 23.5 Å². The van der Waals surface area contributed by atoms with E-state index < -0.39 is 0 Å². The number of nitrogens with zero attached hydrogens (tertiary/aromatic N) is 1. The summed E-state index contributed by atoms with van der Waals surface area (Å²) in [6.07, 6.45) is 5.94. The van der Waals surface area contributed by atoms with Crippen LogP contribution in [-0.4, -0.2) is 42.5 Å². The van der Waals surface area contributed by atoms with Crippen molar-refractivity contribution in [1.29, 1.82) is 0 Å². The summed E-state index contributed by atoms with van der Waals surface area (Å²) in [7, 11) is 1.64. The third kappa shape index (κ3) is 4.69. The fourth-order valence-corrected chi connectivity index (χ4v) is 5.27. The fourth-order valence-electron chi connectivity index (χ4n) is 5.27. The van der Waals surface area contributed by atoms with Crippen molar-refractivity contribution in [3.63, 3.8) is 0 Å². The van der Waals surface area contributed by atoms with Gasteiger partial charge in [-0.2, -0.15) is 0 Å². The molecule has 3 aliphatic rings. The Bertz CT molecular complexity index is 713. The lowest BCUT2D eigenvalue weighted by Crippen LogP contribution is -2.51. The molecule has 1 aromatic rings. The smallest absolute Gasteiger partial charge is 0.245 e. The van der Waals surface area contributed by atoms with Crippen LogP contribution in [0.2, 0.25) is 0 Å². The van der Waals surface area contributed by atoms with Crippen LogP contribution in [-0.2, 0) is 16.1 Å². The first-order valence-electron chi connectivity index (χ1n) is 10.5. The molecular formula is C22H32ClN3O3. The van der Waals surface area contributed by atoms with Crippen molar-refractivity contribution in [3.8, 4) is 5.75 Å². The normalized spacial score (nSPS) is 31.2. The van der Waals surface area contributed by atoms with Gasteiger partial charge in [-0.05, 0) is 61.6 Å². The lowest BCUT2D eigenvalue weighted by molar-refractivity contribution is -0.135. The number of fused-ring (bicyclic) bond motifs is 2. The third-order valence-corrected chi connectivity index (χ3v) is 6.93. The van der Waals surface area contributed by atoms with Crippen molar-refractivity contribution < 1.29 is 14.3 Å². The molecule has 4 rings (SSSR count). The molecule has 3 N–H and O–H groups in total. The number of ether oxygens (including phenoxy) is 1. The topological polar surface area (TPSA) is 84.7 Å². The molecule has 2 aliphatic carbocycles. The summed E-state index contributed by atoms with van der Waals surface area (Å²) in [6, 6.07) is 7.62. The maximum atomic E-state index is 12.8. The van der Waals surface area contributed by atoms with Gasteiger partial charge in [0.1, 0.15) is 11.8 Å². The molecular weight excluding hydrogens is 390 g/mol. The highest BCUT2D eigenvalue weighted by molar-refractivity contribution is 5.90. The van der Waals surface area contributed by atoms with E-state index in [0.29, 0.717) is 31.3 Å². The van der Waals surface area contributed by atoms with Gasteiger partial charge in [-0.3, -0.25) is 9.59 Å². The molecule has 1 heterocycles. The highest BCUT2D eigenvalue weighted by Gasteiger charge is 2.42. The Hall–Kier alpha value is -1.79. The average Bonchev–Trinajstić information content (AvgIpc) is 3.02. The molecule has 0 spiro atoms. The number of amides is 2. The van der Waals surface area contributed by atoms with Crippen LogP contribution in [0.3, 0.4) is 0 Å². The van der Waals surface area contributed by atoms with Crippen LogP contribution < -0.4 is 15.8 Å². The highest BCUT2D eigenvalue weighted by atomic mass is 35.5. The van der Waals surface area contributed by atoms with Gasteiger partial charge in [0, 0.05) is 25.0 Å². The fraction of sp³-hybridized carbons (Fsp3) is 0.636. The second-order valence-electron chi connectivity index (χ2n) is 8.65. The van der Waals surface area contributed by atoms with Crippen LogP contribution in [0.25, 0.3) is 0 Å². The van der Waals surface area contributed by atoms with Crippen LogP contribution in [0.4, 0.5) is 0 Å². The summed E-state index contributed by atoms with van der Waals surface area (Å²) < 4.78 is 5.18. The van der Waals surface area contributed by atoms with Gasteiger partial charge in [-0.25, -0.2) is 0 Å². The molecule has 7 heteroatoms. The van der Waals surface area contributed by atoms with Gasteiger partial charge in [0.05, 0.1) is 7.11 Å². The summed E-state index contributed by atoms with van der Waals surface area (Å²) in [5.41, 5.74) is 7.41. The summed E-state index contributed by atoms with van der Waals surface area (Å²) in [5, 5.41) is 3.05. The Morgan fingerprint density at radius 1 is 1.17 bits per heavy atom. The minimum absolute atomic E-state index is 0. The molecule has 0 aromatic heterocycles. The average molecular weight is 422 g/mol. The highest BCUT2D eigenvalue weighted by Crippen LogP contribution is 2.42. The van der Waals surface area contributed by atoms with E-state index in [0.717, 1.165) is 37.0 Å². The number of methoxy groups -OCH3 is 1. The number of hydrogen-bond donors (Lipinski definition) is 2. The molecule has 3 fully saturated rings. The standard InChI is InChI=1S/C22H31N3O3.ClH/c1-28-18-7-5-14(6-8-18)13-25-10-9-19(22(25)27)24-21(26)17-11-15-3-2-4-16(12-17)20(15)23;/h5-8,15-17,19-20H,2-4,9-13,23H2,1H3,(H,24,26);1H.